The summed E-state index contributed by atoms with van der Waals surface area (Å²) in [4.78, 5) is 30.6. The fraction of sp³-hybridized carbons (Fsp3) is 0.767. The standard InChI is InChI=1S/C60H88N4O38/c1-87-6-7-88-20-8-21(61)30-22(9-20)64(60(86)63-30)10-18-2-4-19(5-3-18)52(85)62-31-32(72)53-89-23(11-65)45(31)96-54-39(79)33(73)47(25(13-67)90-54)98-56-41(81)35(75)49(27(15-69)92-56)100-58-43(83)37(77)51(29(17-71)94-58)102-59-44(84)38(78)50(28(16-70)95-59)101-57-42(82)36(76)48(26(14-68)93-57)99-55-40(80)34(74)46(97-53)24(12-66)91-55/h2-5,8-9,23-29,31-51,53-59,65-84H,6-7,10-17,61H2,1H3,(H,62,85)(H,63,86)/t23-,24-,25-,26-,27-,28-,29-,31+,32+,33-,34-,35-,36-,37-,38-,39-,40-,41-,42-,43-,44-,45-,46-,47-,48-,49-,50-,51-,53-,54-,55-,56-,57-,58-,59-/m1/s1. The first-order chi connectivity index (χ1) is 48.8. The van der Waals surface area contributed by atoms with Gasteiger partial charge in [-0.25, -0.2) is 4.79 Å². The lowest BCUT2D eigenvalue weighted by molar-refractivity contribution is -0.396. The number of carbonyl (C=O) groups excluding carboxylic acids is 1. The van der Waals surface area contributed by atoms with Gasteiger partial charge in [-0.1, -0.05) is 12.1 Å². The topological polar surface area (TPSA) is 645 Å². The highest BCUT2D eigenvalue weighted by Crippen LogP contribution is 2.40. The van der Waals surface area contributed by atoms with Crippen molar-refractivity contribution in [1.29, 1.82) is 0 Å². The molecule has 0 saturated carbocycles. The number of nitrogen functional groups attached to an aromatic ring is 1. The van der Waals surface area contributed by atoms with E-state index in [9.17, 15) is 112 Å². The number of imidazole rings is 1. The molecule has 35 atom stereocenters. The molecule has 0 spiro atoms. The van der Waals surface area contributed by atoms with Gasteiger partial charge in [0, 0.05) is 24.8 Å². The van der Waals surface area contributed by atoms with Crippen LogP contribution in [-0.4, -0.2) is 399 Å². The largest absolute Gasteiger partial charge is 0.491 e. The molecule has 21 fully saturated rings. The van der Waals surface area contributed by atoms with Crippen molar-refractivity contribution in [3.63, 3.8) is 0 Å². The van der Waals surface area contributed by atoms with Gasteiger partial charge >= 0.3 is 5.69 Å². The van der Waals surface area contributed by atoms with Gasteiger partial charge < -0.3 is 194 Å². The van der Waals surface area contributed by atoms with Crippen LogP contribution in [-0.2, 0) is 77.6 Å². The summed E-state index contributed by atoms with van der Waals surface area (Å²) in [6, 6.07) is 6.80. The molecule has 42 heteroatoms. The number of hydrogen-bond acceptors (Lipinski definition) is 39. The SMILES string of the molecule is COCCOc1cc(N)c2[nH]c(=O)n(Cc3ccc(C(=O)N[C@H]4[C@H](O)[C@H]5O[C@H]6[C@H](O)[C@@H](O)[C@@H](O[C@H]7[C@H](O)[C@@H](O)[C@@H](O[C@H]8[C@H](O)[C@@H](O)[C@@H](O[C@H]9[C@H](O)[C@@H](O)[C@@H](O[C@H]%10[C@H](O)[C@@H](O)[C@@H](O[C@H]%11[C@H](O)[C@@H](O)[C@@H](O[C@@H]4[C@@H](CO)O5)O[C@@H]%11CO)O[C@@H]%10CO)O[C@@H]9CO)O[C@@H]8CO)O[C@@H]7CO)O[C@@H]6CO)cc3)c2c1. The summed E-state index contributed by atoms with van der Waals surface area (Å²) in [7, 11) is 1.49. The minimum atomic E-state index is -2.32. The second-order valence-corrected chi connectivity index (χ2v) is 25.6. The van der Waals surface area contributed by atoms with Gasteiger partial charge in [0.05, 0.1) is 82.2 Å². The molecule has 0 aliphatic carbocycles. The molecular formula is C60H88N4O38. The Morgan fingerprint density at radius 2 is 0.735 bits per heavy atom. The molecule has 3 aromatic rings. The molecule has 21 aliphatic heterocycles. The number of carbonyl (C=O) groups is 1. The number of amides is 1. The van der Waals surface area contributed by atoms with E-state index in [0.717, 1.165) is 0 Å². The van der Waals surface area contributed by atoms with E-state index < -0.39 is 273 Å². The summed E-state index contributed by atoms with van der Waals surface area (Å²) >= 11 is 0. The smallest absolute Gasteiger partial charge is 0.326 e. The lowest BCUT2D eigenvalue weighted by Gasteiger charge is -2.50. The molecule has 21 aliphatic rings. The van der Waals surface area contributed by atoms with Crippen LogP contribution < -0.4 is 21.5 Å². The average molecular weight is 1470 g/mol. The fourth-order valence-corrected chi connectivity index (χ4v) is 13.5. The number of H-pyrrole nitrogens is 1. The number of anilines is 1. The van der Waals surface area contributed by atoms with E-state index in [0.29, 0.717) is 22.3 Å². The molecule has 22 heterocycles. The first kappa shape index (κ1) is 78.5. The number of methoxy groups -OCH3 is 1. The van der Waals surface area contributed by atoms with Crippen molar-refractivity contribution in [1.82, 2.24) is 14.9 Å². The summed E-state index contributed by atoms with van der Waals surface area (Å²) in [5.41, 5.74) is 6.95. The van der Waals surface area contributed by atoms with Gasteiger partial charge in [0.1, 0.15) is 177 Å². The molecule has 102 heavy (non-hydrogen) atoms. The van der Waals surface area contributed by atoms with E-state index in [1.165, 1.54) is 42.0 Å². The van der Waals surface area contributed by atoms with Gasteiger partial charge in [-0.2, -0.15) is 0 Å². The van der Waals surface area contributed by atoms with E-state index in [2.05, 4.69) is 10.3 Å². The number of aromatic nitrogens is 2. The van der Waals surface area contributed by atoms with Crippen LogP contribution in [0, 0.1) is 0 Å². The number of nitrogens with two attached hydrogens (primary N) is 1. The number of nitrogens with one attached hydrogen (secondary N) is 2. The van der Waals surface area contributed by atoms with Gasteiger partial charge in [-0.3, -0.25) is 9.36 Å². The number of hydrogen-bond donors (Lipinski definition) is 23. The van der Waals surface area contributed by atoms with Crippen LogP contribution in [0.1, 0.15) is 15.9 Å². The summed E-state index contributed by atoms with van der Waals surface area (Å²) in [5, 5.41) is 229. The zero-order chi connectivity index (χ0) is 73.4. The maximum absolute atomic E-state index is 14.6. The summed E-state index contributed by atoms with van der Waals surface area (Å²) < 4.78 is 94.0. The molecular weight excluding hydrogens is 1380 g/mol. The maximum atomic E-state index is 14.6. The minimum absolute atomic E-state index is 0.0763. The number of benzene rings is 2. The molecule has 21 saturated heterocycles. The summed E-state index contributed by atoms with van der Waals surface area (Å²) in [6.07, 6.45) is -70.4. The Morgan fingerprint density at radius 1 is 0.431 bits per heavy atom. The summed E-state index contributed by atoms with van der Waals surface area (Å²) in [6.45, 7) is -7.33. The van der Waals surface area contributed by atoms with Crippen molar-refractivity contribution in [2.75, 3.05) is 72.3 Å². The van der Waals surface area contributed by atoms with E-state index in [4.69, 9.17) is 81.5 Å². The third-order valence-corrected chi connectivity index (χ3v) is 19.1. The third kappa shape index (κ3) is 15.7. The molecule has 24 rings (SSSR count). The number of aromatic amines is 1. The third-order valence-electron chi connectivity index (χ3n) is 19.1. The molecule has 0 unspecified atom stereocenters. The molecule has 2 aromatic carbocycles. The van der Waals surface area contributed by atoms with E-state index >= 15 is 0 Å². The molecule has 42 nitrogen and oxygen atoms in total. The Hall–Kier alpha value is -4.62. The number of rotatable bonds is 15. The molecule has 14 bridgehead atoms. The second kappa shape index (κ2) is 33.7. The Labute approximate surface area is 576 Å². The quantitative estimate of drug-likeness (QED) is 0.0496. The minimum Gasteiger partial charge on any atom is -0.491 e. The Bertz CT molecular complexity index is 3240. The number of aliphatic hydroxyl groups excluding tert-OH is 20. The van der Waals surface area contributed by atoms with E-state index in [-0.39, 0.29) is 31.0 Å². The van der Waals surface area contributed by atoms with Crippen molar-refractivity contribution in [3.05, 3.63) is 58.0 Å². The van der Waals surface area contributed by atoms with Crippen molar-refractivity contribution >= 4 is 22.6 Å². The van der Waals surface area contributed by atoms with Gasteiger partial charge in [0.25, 0.3) is 5.91 Å². The van der Waals surface area contributed by atoms with Crippen LogP contribution in [0.4, 0.5) is 5.69 Å². The van der Waals surface area contributed by atoms with Crippen molar-refractivity contribution < 1.29 is 183 Å². The maximum Gasteiger partial charge on any atom is 0.326 e. The van der Waals surface area contributed by atoms with Crippen LogP contribution in [0.3, 0.4) is 0 Å². The average Bonchev–Trinajstić information content (AvgIpc) is 1.03. The van der Waals surface area contributed by atoms with Gasteiger partial charge in [0.15, 0.2) is 44.0 Å². The van der Waals surface area contributed by atoms with E-state index in [1.807, 2.05) is 0 Å². The van der Waals surface area contributed by atoms with Crippen LogP contribution in [0.25, 0.3) is 11.0 Å². The van der Waals surface area contributed by atoms with Gasteiger partial charge in [0.2, 0.25) is 0 Å². The zero-order valence-electron chi connectivity index (χ0n) is 54.1. The van der Waals surface area contributed by atoms with E-state index in [1.54, 1.807) is 6.07 Å². The normalized spacial score (nSPS) is 44.6. The lowest BCUT2D eigenvalue weighted by Crippen LogP contribution is -2.70. The summed E-state index contributed by atoms with van der Waals surface area (Å²) in [5.74, 6) is -0.662. The van der Waals surface area contributed by atoms with Crippen molar-refractivity contribution in [2.24, 2.45) is 0 Å². The van der Waals surface area contributed by atoms with Gasteiger partial charge in [-0.05, 0) is 17.7 Å². The predicted molar refractivity (Wildman–Crippen MR) is 324 cm³/mol. The van der Waals surface area contributed by atoms with Gasteiger partial charge in [-0.15, -0.1) is 0 Å². The highest BCUT2D eigenvalue weighted by Gasteiger charge is 2.60. The Kier molecular flexibility index (Phi) is 25.9. The first-order valence-electron chi connectivity index (χ1n) is 32.6. The van der Waals surface area contributed by atoms with Crippen LogP contribution in [0.15, 0.2) is 41.2 Å². The van der Waals surface area contributed by atoms with Crippen LogP contribution in [0.5, 0.6) is 5.75 Å². The molecule has 1 amide bonds. The highest BCUT2D eigenvalue weighted by molar-refractivity contribution is 5.94. The van der Waals surface area contributed by atoms with Crippen LogP contribution in [0.2, 0.25) is 0 Å². The fourth-order valence-electron chi connectivity index (χ4n) is 13.5. The molecule has 1 aromatic heterocycles. The number of aliphatic hydroxyl groups is 20. The molecule has 24 N–H and O–H groups in total. The van der Waals surface area contributed by atoms with Crippen LogP contribution >= 0.6 is 0 Å². The van der Waals surface area contributed by atoms with Crippen molar-refractivity contribution in [3.8, 4) is 5.75 Å². The number of fused-ring (bicyclic) bond motifs is 1. The number of ether oxygens (including phenoxy) is 16. The predicted octanol–water partition coefficient (Wildman–Crippen LogP) is -13.5. The monoisotopic (exact) mass is 1470 g/mol. The Morgan fingerprint density at radius 3 is 1.05 bits per heavy atom. The lowest BCUT2D eigenvalue weighted by atomic mass is 9.93. The highest BCUT2D eigenvalue weighted by atomic mass is 16.8. The molecule has 0 radical (unpaired) electrons. The Balaban J connectivity index is 0.894. The molecule has 576 valence electrons. The van der Waals surface area contributed by atoms with Crippen molar-refractivity contribution in [2.45, 2.75) is 221 Å². The number of nitrogens with zero attached hydrogens (tertiary/aromatic N) is 1. The first-order valence-corrected chi connectivity index (χ1v) is 32.6. The zero-order valence-corrected chi connectivity index (χ0v) is 54.1. The second-order valence-electron chi connectivity index (χ2n) is 25.6.